The number of Topliss-reactive ketones (excluding diaryl/α,β-unsaturated/α-hetero) is 1. The summed E-state index contributed by atoms with van der Waals surface area (Å²) in [6, 6.07) is -3.07. The second-order valence-corrected chi connectivity index (χ2v) is 25.6. The first-order valence-electron chi connectivity index (χ1n) is 32.0. The van der Waals surface area contributed by atoms with Crippen LogP contribution in [0.4, 0.5) is 0 Å². The van der Waals surface area contributed by atoms with Crippen molar-refractivity contribution in [1.29, 1.82) is 0 Å². The molecule has 2 saturated carbocycles. The monoisotopic (exact) mass is 1230 g/mol. The van der Waals surface area contributed by atoms with Crippen molar-refractivity contribution in [3.05, 3.63) is 49.1 Å². The largest absolute Gasteiger partial charge is 0.460 e. The molecule has 3 heterocycles. The molecule has 0 bridgehead atoms. The van der Waals surface area contributed by atoms with E-state index < -0.39 is 71.7 Å². The third kappa shape index (κ3) is 19.2. The standard InChI is InChI=1S/C65H103N9O14/c1-14-24-44(16-3)48-38-65(48,64(84)74-33-20-21-34-87-74)68-61(81)42(9)60(86-13)49-25-22-32-72(49)54(78)37-50(85-12)46(41(8)15-2)35-45-36-47(45)59(80)57(39(4)5)67-63(83)58(40(6)7)71(11)30-23-27-55(79)88-43(10)56(66)62(82)70-69-51(75)26-18-17-19-31-73-52(76)28-29-53(73)77/h14,16,24,28-29,39-43,45-50,56-58,60H,1,3,15,17-23,25-27,30-38,66H2,2,4-13H3,(H,67,83)(H,68,81)(H,69,75)(H,70,82). The van der Waals surface area contributed by atoms with Crippen LogP contribution >= 0.6 is 0 Å². The normalized spacial score (nSPS) is 24.0. The number of allylic oxidation sites excluding steroid dienone is 3. The SMILES string of the molecule is C=CC=C(C=C)C1CC1(NC(=O)C(C)C(OC)C1CCCN1C(=O)CC(OC)C(CC1CC1C(=O)C(NC(=O)C(C(C)C)N(C)CCCC(=O)OC(C)C(N)C(=O)NNC(=O)CCCCCN1C(=O)C=CC1=O)C(C)C)C(C)CC)C(=O)N1CCCCO1. The number of nitrogens with zero attached hydrogens (tertiary/aromatic N) is 4. The molecule has 0 spiro atoms. The summed E-state index contributed by atoms with van der Waals surface area (Å²) in [5, 5.41) is 7.61. The van der Waals surface area contributed by atoms with E-state index in [0.717, 1.165) is 36.2 Å². The van der Waals surface area contributed by atoms with Gasteiger partial charge >= 0.3 is 5.97 Å². The number of ketones is 1. The van der Waals surface area contributed by atoms with E-state index in [1.807, 2.05) is 37.5 Å². The average molecular weight is 1230 g/mol. The van der Waals surface area contributed by atoms with E-state index in [1.165, 1.54) is 24.1 Å². The van der Waals surface area contributed by atoms with Crippen molar-refractivity contribution >= 4 is 59.0 Å². The van der Waals surface area contributed by atoms with Gasteiger partial charge in [-0.25, -0.2) is 5.06 Å². The summed E-state index contributed by atoms with van der Waals surface area (Å²) in [4.78, 5) is 144. The first-order valence-corrected chi connectivity index (χ1v) is 32.0. The predicted octanol–water partition coefficient (Wildman–Crippen LogP) is 4.79. The van der Waals surface area contributed by atoms with Gasteiger partial charge in [0, 0.05) is 70.7 Å². The molecule has 0 aromatic carbocycles. The lowest BCUT2D eigenvalue weighted by Crippen LogP contribution is -2.56. The number of ether oxygens (including phenoxy) is 3. The summed E-state index contributed by atoms with van der Waals surface area (Å²) in [7, 11) is 4.96. The molecule has 88 heavy (non-hydrogen) atoms. The number of likely N-dealkylation sites (N-methyl/N-ethyl adjacent to an activating group) is 1. The minimum atomic E-state index is -1.29. The van der Waals surface area contributed by atoms with Gasteiger partial charge in [-0.3, -0.25) is 73.4 Å². The molecular weight excluding hydrogens is 1130 g/mol. The van der Waals surface area contributed by atoms with Gasteiger partial charge < -0.3 is 35.5 Å². The van der Waals surface area contributed by atoms with Gasteiger partial charge in [-0.2, -0.15) is 0 Å². The van der Waals surface area contributed by atoms with Crippen molar-refractivity contribution in [3.8, 4) is 0 Å². The van der Waals surface area contributed by atoms with E-state index in [4.69, 9.17) is 24.8 Å². The molecule has 492 valence electrons. The summed E-state index contributed by atoms with van der Waals surface area (Å²) < 4.78 is 17.7. The molecule has 2 aliphatic carbocycles. The number of carbonyl (C=O) groups excluding carboxylic acids is 10. The van der Waals surface area contributed by atoms with Crippen LogP contribution in [0.3, 0.4) is 0 Å². The number of rotatable bonds is 37. The molecule has 23 heteroatoms. The second-order valence-electron chi connectivity index (χ2n) is 25.6. The van der Waals surface area contributed by atoms with Crippen LogP contribution in [0, 0.1) is 47.3 Å². The second kappa shape index (κ2) is 34.2. The van der Waals surface area contributed by atoms with Crippen molar-refractivity contribution in [2.45, 2.75) is 200 Å². The van der Waals surface area contributed by atoms with Gasteiger partial charge in [-0.15, -0.1) is 0 Å². The van der Waals surface area contributed by atoms with E-state index >= 15 is 0 Å². The Labute approximate surface area is 521 Å². The Kier molecular flexibility index (Phi) is 28.2. The highest BCUT2D eigenvalue weighted by molar-refractivity contribution is 6.12. The Hall–Kier alpha value is -6.14. The molecule has 0 aromatic rings. The van der Waals surface area contributed by atoms with Crippen LogP contribution in [-0.2, 0) is 67.0 Å². The number of likely N-dealkylation sites (tertiary alicyclic amines) is 1. The predicted molar refractivity (Wildman–Crippen MR) is 330 cm³/mol. The van der Waals surface area contributed by atoms with Crippen LogP contribution in [0.2, 0.25) is 0 Å². The maximum Gasteiger partial charge on any atom is 0.306 e. The number of hydrogen-bond donors (Lipinski definition) is 5. The summed E-state index contributed by atoms with van der Waals surface area (Å²) in [6.45, 7) is 24.9. The number of nitrogens with one attached hydrogen (secondary N) is 4. The number of imide groups is 1. The number of hydroxylamine groups is 2. The minimum absolute atomic E-state index is 0.0271. The molecular formula is C65H103N9O14. The fourth-order valence-corrected chi connectivity index (χ4v) is 13.0. The fourth-order valence-electron chi connectivity index (χ4n) is 13.0. The van der Waals surface area contributed by atoms with Crippen molar-refractivity contribution in [2.75, 3.05) is 54.1 Å². The van der Waals surface area contributed by atoms with Crippen molar-refractivity contribution in [1.82, 2.24) is 41.2 Å². The zero-order valence-corrected chi connectivity index (χ0v) is 54.2. The summed E-state index contributed by atoms with van der Waals surface area (Å²) in [5.41, 5.74) is 10.2. The third-order valence-electron chi connectivity index (χ3n) is 18.6. The lowest BCUT2D eigenvalue weighted by atomic mass is 9.80. The topological polar surface area (TPSA) is 295 Å². The summed E-state index contributed by atoms with van der Waals surface area (Å²) >= 11 is 0. The van der Waals surface area contributed by atoms with E-state index in [-0.39, 0.29) is 108 Å². The highest BCUT2D eigenvalue weighted by Crippen LogP contribution is 2.51. The van der Waals surface area contributed by atoms with Gasteiger partial charge in [-0.1, -0.05) is 92.7 Å². The molecule has 0 radical (unpaired) electrons. The Bertz CT molecular complexity index is 2530. The van der Waals surface area contributed by atoms with Crippen LogP contribution in [0.15, 0.2) is 49.1 Å². The Morgan fingerprint density at radius 3 is 2.17 bits per heavy atom. The third-order valence-corrected chi connectivity index (χ3v) is 18.6. The fraction of sp³-hybridized carbons (Fsp3) is 0.723. The molecule has 5 aliphatic rings. The zero-order chi connectivity index (χ0) is 65.2. The quantitative estimate of drug-likeness (QED) is 0.0184. The van der Waals surface area contributed by atoms with Gasteiger partial charge in [0.2, 0.25) is 23.6 Å². The summed E-state index contributed by atoms with van der Waals surface area (Å²) in [5.74, 6) is -5.21. The molecule has 3 aliphatic heterocycles. The molecule has 14 unspecified atom stereocenters. The number of unbranched alkanes of at least 4 members (excludes halogenated alkanes) is 2. The first-order chi connectivity index (χ1) is 41.8. The van der Waals surface area contributed by atoms with E-state index in [0.29, 0.717) is 77.6 Å². The Morgan fingerprint density at radius 2 is 1.57 bits per heavy atom. The molecule has 5 rings (SSSR count). The molecule has 14 atom stereocenters. The van der Waals surface area contributed by atoms with Crippen molar-refractivity contribution < 1.29 is 67.0 Å². The van der Waals surface area contributed by atoms with Gasteiger partial charge in [0.15, 0.2) is 5.78 Å². The highest BCUT2D eigenvalue weighted by Gasteiger charge is 2.64. The number of hydrazine groups is 1. The number of esters is 1. The van der Waals surface area contributed by atoms with Crippen LogP contribution in [-0.4, -0.2) is 181 Å². The van der Waals surface area contributed by atoms with Crippen LogP contribution < -0.4 is 27.2 Å². The van der Waals surface area contributed by atoms with Crippen LogP contribution in [0.1, 0.15) is 152 Å². The smallest absolute Gasteiger partial charge is 0.306 e. The van der Waals surface area contributed by atoms with Crippen LogP contribution in [0.5, 0.6) is 0 Å². The van der Waals surface area contributed by atoms with E-state index in [2.05, 4.69) is 48.5 Å². The molecule has 23 nitrogen and oxygen atoms in total. The number of carbonyl (C=O) groups is 10. The zero-order valence-electron chi connectivity index (χ0n) is 54.2. The van der Waals surface area contributed by atoms with Gasteiger partial charge in [0.25, 0.3) is 23.6 Å². The average Bonchev–Trinajstić information content (AvgIpc) is 1.60. The Morgan fingerprint density at radius 1 is 0.864 bits per heavy atom. The lowest BCUT2D eigenvalue weighted by Gasteiger charge is -2.37. The maximum atomic E-state index is 14.6. The van der Waals surface area contributed by atoms with Crippen LogP contribution in [0.25, 0.3) is 0 Å². The van der Waals surface area contributed by atoms with Crippen molar-refractivity contribution in [3.63, 3.8) is 0 Å². The maximum absolute atomic E-state index is 14.6. The van der Waals surface area contributed by atoms with E-state index in [9.17, 15) is 47.9 Å². The lowest BCUT2D eigenvalue weighted by molar-refractivity contribution is -0.201. The number of methoxy groups -OCH3 is 2. The van der Waals surface area contributed by atoms with Crippen molar-refractivity contribution in [2.24, 2.45) is 53.1 Å². The Balaban J connectivity index is 1.10. The molecule has 0 aromatic heterocycles. The number of nitrogens with two attached hydrogens (primary N) is 1. The molecule has 6 N–H and O–H groups in total. The number of amides is 8. The highest BCUT2D eigenvalue weighted by atomic mass is 16.7. The molecule has 4 fully saturated rings. The number of hydrogen-bond acceptors (Lipinski definition) is 16. The first kappa shape index (κ1) is 72.6. The van der Waals surface area contributed by atoms with E-state index in [1.54, 1.807) is 46.4 Å². The van der Waals surface area contributed by atoms with Gasteiger partial charge in [0.05, 0.1) is 49.3 Å². The molecule has 2 saturated heterocycles. The van der Waals surface area contributed by atoms with Gasteiger partial charge in [-0.05, 0) is 120 Å². The summed E-state index contributed by atoms with van der Waals surface area (Å²) in [6.07, 6.45) is 12.9. The molecule has 8 amide bonds. The van der Waals surface area contributed by atoms with Gasteiger partial charge in [0.1, 0.15) is 17.7 Å². The minimum Gasteiger partial charge on any atom is -0.460 e.